The van der Waals surface area contributed by atoms with Crippen molar-refractivity contribution in [2.75, 3.05) is 19.6 Å². The predicted octanol–water partition coefficient (Wildman–Crippen LogP) is 2.35. The maximum atomic E-state index is 13.6. The number of carbonyl (C=O) groups is 1. The highest BCUT2D eigenvalue weighted by Gasteiger charge is 2.27. The number of aliphatic hydroxyl groups is 1. The van der Waals surface area contributed by atoms with Gasteiger partial charge in [0.05, 0.1) is 11.7 Å². The van der Waals surface area contributed by atoms with E-state index < -0.39 is 5.82 Å². The Balaban J connectivity index is 1.97. The Morgan fingerprint density at radius 2 is 2.20 bits per heavy atom. The van der Waals surface area contributed by atoms with Crippen molar-refractivity contribution in [3.8, 4) is 0 Å². The largest absolute Gasteiger partial charge is 0.392 e. The second-order valence-corrected chi connectivity index (χ2v) is 5.84. The molecule has 1 aromatic rings. The van der Waals surface area contributed by atoms with Crippen LogP contribution in [0.1, 0.15) is 30.6 Å². The number of halogens is 1. The second kappa shape index (κ2) is 6.46. The molecule has 1 aromatic carbocycles. The van der Waals surface area contributed by atoms with Crippen LogP contribution in [0, 0.1) is 17.7 Å². The van der Waals surface area contributed by atoms with Gasteiger partial charge in [0.2, 0.25) is 0 Å². The van der Waals surface area contributed by atoms with Gasteiger partial charge in [-0.2, -0.15) is 0 Å². The van der Waals surface area contributed by atoms with Gasteiger partial charge < -0.3 is 10.0 Å². The molecular weight excluding hydrogens is 257 g/mol. The van der Waals surface area contributed by atoms with Crippen molar-refractivity contribution in [2.24, 2.45) is 11.8 Å². The van der Waals surface area contributed by atoms with Gasteiger partial charge in [0, 0.05) is 19.0 Å². The molecular formula is C16H22FNO2. The molecule has 0 bridgehead atoms. The van der Waals surface area contributed by atoms with Gasteiger partial charge in [-0.1, -0.05) is 26.0 Å². The summed E-state index contributed by atoms with van der Waals surface area (Å²) in [5.41, 5.74) is 0.158. The molecule has 4 heteroatoms. The summed E-state index contributed by atoms with van der Waals surface area (Å²) in [5.74, 6) is -0.593. The highest BCUT2D eigenvalue weighted by Crippen LogP contribution is 2.19. The standard InChI is InChI=1S/C16H22FNO2/c1-11-7-8-18(10-15(11)19)9-12(2)16(20)13-5-3-4-6-14(13)17/h3-6,11-12,15,19H,7-10H2,1-2H3. The SMILES string of the molecule is CC(CN1CCC(C)C(O)C1)C(=O)c1ccccc1F. The minimum atomic E-state index is -0.461. The molecule has 0 saturated carbocycles. The third-order valence-corrected chi connectivity index (χ3v) is 4.12. The molecule has 0 radical (unpaired) electrons. The summed E-state index contributed by atoms with van der Waals surface area (Å²) in [6.07, 6.45) is 0.599. The van der Waals surface area contributed by atoms with E-state index >= 15 is 0 Å². The summed E-state index contributed by atoms with van der Waals surface area (Å²) in [6.45, 7) is 5.90. The number of hydrogen-bond acceptors (Lipinski definition) is 3. The molecule has 1 heterocycles. The first kappa shape index (κ1) is 15.1. The molecule has 1 aliphatic heterocycles. The van der Waals surface area contributed by atoms with Crippen LogP contribution in [0.25, 0.3) is 0 Å². The van der Waals surface area contributed by atoms with Gasteiger partial charge >= 0.3 is 0 Å². The Morgan fingerprint density at radius 1 is 1.50 bits per heavy atom. The zero-order chi connectivity index (χ0) is 14.7. The number of β-amino-alcohol motifs (C(OH)–C–C–N with tert-alkyl or cyclic N) is 1. The van der Waals surface area contributed by atoms with Crippen LogP contribution in [0.15, 0.2) is 24.3 Å². The van der Waals surface area contributed by atoms with Gasteiger partial charge in [0.15, 0.2) is 5.78 Å². The molecule has 0 amide bonds. The fourth-order valence-corrected chi connectivity index (χ4v) is 2.68. The van der Waals surface area contributed by atoms with Gasteiger partial charge in [-0.05, 0) is 31.0 Å². The molecule has 1 saturated heterocycles. The first-order chi connectivity index (χ1) is 9.49. The molecule has 0 aromatic heterocycles. The van der Waals surface area contributed by atoms with E-state index in [0.29, 0.717) is 19.0 Å². The summed E-state index contributed by atoms with van der Waals surface area (Å²) in [5, 5.41) is 9.87. The summed E-state index contributed by atoms with van der Waals surface area (Å²) < 4.78 is 13.6. The number of rotatable bonds is 4. The number of hydrogen-bond donors (Lipinski definition) is 1. The average Bonchev–Trinajstić information content (AvgIpc) is 2.42. The monoisotopic (exact) mass is 279 g/mol. The van der Waals surface area contributed by atoms with Crippen molar-refractivity contribution < 1.29 is 14.3 Å². The third-order valence-electron chi connectivity index (χ3n) is 4.12. The van der Waals surface area contributed by atoms with E-state index in [1.54, 1.807) is 12.1 Å². The highest BCUT2D eigenvalue weighted by molar-refractivity contribution is 5.98. The van der Waals surface area contributed by atoms with E-state index in [1.807, 2.05) is 13.8 Å². The quantitative estimate of drug-likeness (QED) is 0.860. The smallest absolute Gasteiger partial charge is 0.169 e. The fourth-order valence-electron chi connectivity index (χ4n) is 2.68. The number of piperidine rings is 1. The van der Waals surface area contributed by atoms with Crippen molar-refractivity contribution in [1.29, 1.82) is 0 Å². The van der Waals surface area contributed by atoms with Crippen molar-refractivity contribution in [2.45, 2.75) is 26.4 Å². The third kappa shape index (κ3) is 3.44. The van der Waals surface area contributed by atoms with E-state index in [4.69, 9.17) is 0 Å². The molecule has 3 unspecified atom stereocenters. The first-order valence-corrected chi connectivity index (χ1v) is 7.18. The minimum Gasteiger partial charge on any atom is -0.392 e. The van der Waals surface area contributed by atoms with E-state index in [-0.39, 0.29) is 23.4 Å². The molecule has 0 aliphatic carbocycles. The molecule has 2 rings (SSSR count). The molecule has 20 heavy (non-hydrogen) atoms. The van der Waals surface area contributed by atoms with E-state index in [2.05, 4.69) is 4.90 Å². The van der Waals surface area contributed by atoms with E-state index in [0.717, 1.165) is 13.0 Å². The maximum absolute atomic E-state index is 13.6. The van der Waals surface area contributed by atoms with E-state index in [9.17, 15) is 14.3 Å². The van der Waals surface area contributed by atoms with Crippen LogP contribution >= 0.6 is 0 Å². The molecule has 3 atom stereocenters. The van der Waals surface area contributed by atoms with Gasteiger partial charge in [-0.25, -0.2) is 4.39 Å². The van der Waals surface area contributed by atoms with Gasteiger partial charge in [-0.15, -0.1) is 0 Å². The lowest BCUT2D eigenvalue weighted by Gasteiger charge is -2.35. The number of Topliss-reactive ketones (excluding diaryl/α,β-unsaturated/α-hetero) is 1. The Labute approximate surface area is 119 Å². The summed E-state index contributed by atoms with van der Waals surface area (Å²) >= 11 is 0. The maximum Gasteiger partial charge on any atom is 0.169 e. The van der Waals surface area contributed by atoms with Crippen molar-refractivity contribution in [1.82, 2.24) is 4.90 Å². The van der Waals surface area contributed by atoms with Crippen LogP contribution in [0.4, 0.5) is 4.39 Å². The van der Waals surface area contributed by atoms with E-state index in [1.165, 1.54) is 12.1 Å². The topological polar surface area (TPSA) is 40.5 Å². The summed E-state index contributed by atoms with van der Waals surface area (Å²) in [6, 6.07) is 6.10. The predicted molar refractivity (Wildman–Crippen MR) is 76.1 cm³/mol. The average molecular weight is 279 g/mol. The van der Waals surface area contributed by atoms with Crippen molar-refractivity contribution in [3.05, 3.63) is 35.6 Å². The second-order valence-electron chi connectivity index (χ2n) is 5.84. The Hall–Kier alpha value is -1.26. The normalized spacial score (nSPS) is 25.4. The highest BCUT2D eigenvalue weighted by atomic mass is 19.1. The zero-order valence-corrected chi connectivity index (χ0v) is 12.1. The summed E-state index contributed by atoms with van der Waals surface area (Å²) in [7, 11) is 0. The lowest BCUT2D eigenvalue weighted by Crippen LogP contribution is -2.45. The minimum absolute atomic E-state index is 0.158. The molecule has 1 N–H and O–H groups in total. The van der Waals surface area contributed by atoms with Gasteiger partial charge in [0.1, 0.15) is 5.82 Å². The van der Waals surface area contributed by atoms with Crippen LogP contribution < -0.4 is 0 Å². The molecule has 1 aliphatic rings. The van der Waals surface area contributed by atoms with Crippen LogP contribution in [-0.2, 0) is 0 Å². The van der Waals surface area contributed by atoms with Crippen LogP contribution in [-0.4, -0.2) is 41.5 Å². The Kier molecular flexibility index (Phi) is 4.89. The number of likely N-dealkylation sites (tertiary alicyclic amines) is 1. The molecule has 3 nitrogen and oxygen atoms in total. The number of carbonyl (C=O) groups excluding carboxylic acids is 1. The molecule has 110 valence electrons. The lowest BCUT2D eigenvalue weighted by atomic mass is 9.93. The van der Waals surface area contributed by atoms with Crippen LogP contribution in [0.2, 0.25) is 0 Å². The lowest BCUT2D eigenvalue weighted by molar-refractivity contribution is 0.0237. The molecule has 0 spiro atoms. The zero-order valence-electron chi connectivity index (χ0n) is 12.1. The number of benzene rings is 1. The van der Waals surface area contributed by atoms with Crippen LogP contribution in [0.5, 0.6) is 0 Å². The molecule has 1 fully saturated rings. The first-order valence-electron chi connectivity index (χ1n) is 7.18. The Morgan fingerprint density at radius 3 is 2.85 bits per heavy atom. The van der Waals surface area contributed by atoms with Crippen molar-refractivity contribution >= 4 is 5.78 Å². The fraction of sp³-hybridized carbons (Fsp3) is 0.562. The number of ketones is 1. The number of aliphatic hydroxyl groups excluding tert-OH is 1. The van der Waals surface area contributed by atoms with Gasteiger partial charge in [0.25, 0.3) is 0 Å². The van der Waals surface area contributed by atoms with Gasteiger partial charge in [-0.3, -0.25) is 4.79 Å². The number of nitrogens with zero attached hydrogens (tertiary/aromatic N) is 1. The van der Waals surface area contributed by atoms with Crippen molar-refractivity contribution in [3.63, 3.8) is 0 Å². The summed E-state index contributed by atoms with van der Waals surface area (Å²) in [4.78, 5) is 14.3. The van der Waals surface area contributed by atoms with Crippen LogP contribution in [0.3, 0.4) is 0 Å². The Bertz CT molecular complexity index is 477.